The number of hydrogen-bond donors (Lipinski definition) is 2. The number of ether oxygens (including phenoxy) is 1. The molecule has 2 N–H and O–H groups in total. The maximum absolute atomic E-state index is 12.7. The first-order chi connectivity index (χ1) is 14.0. The number of anilines is 1. The molecule has 29 heavy (non-hydrogen) atoms. The third-order valence-corrected chi connectivity index (χ3v) is 4.80. The van der Waals surface area contributed by atoms with Gasteiger partial charge in [-0.05, 0) is 48.1 Å². The van der Waals surface area contributed by atoms with Crippen LogP contribution in [0.2, 0.25) is 10.0 Å². The number of thiocarbonyl (C=S) groups is 1. The molecule has 3 aromatic rings. The minimum Gasteiger partial charge on any atom is -0.492 e. The van der Waals surface area contributed by atoms with E-state index in [1.54, 1.807) is 36.4 Å². The van der Waals surface area contributed by atoms with E-state index in [0.717, 1.165) is 6.42 Å². The minimum atomic E-state index is -0.379. The van der Waals surface area contributed by atoms with Gasteiger partial charge in [0.15, 0.2) is 5.11 Å². The summed E-state index contributed by atoms with van der Waals surface area (Å²) in [6.07, 6.45) is 0.740. The van der Waals surface area contributed by atoms with E-state index in [1.807, 2.05) is 36.4 Å². The Morgan fingerprint density at radius 2 is 1.69 bits per heavy atom. The topological polar surface area (TPSA) is 50.4 Å². The molecule has 0 spiro atoms. The second-order valence-corrected chi connectivity index (χ2v) is 7.36. The smallest absolute Gasteiger partial charge is 0.261 e. The van der Waals surface area contributed by atoms with Crippen LogP contribution in [0.25, 0.3) is 0 Å². The Bertz CT molecular complexity index is 1010. The summed E-state index contributed by atoms with van der Waals surface area (Å²) in [6, 6.07) is 22.0. The van der Waals surface area contributed by atoms with Crippen molar-refractivity contribution in [1.82, 2.24) is 5.32 Å². The van der Waals surface area contributed by atoms with E-state index in [-0.39, 0.29) is 11.0 Å². The van der Waals surface area contributed by atoms with Gasteiger partial charge in [0.2, 0.25) is 0 Å². The van der Waals surface area contributed by atoms with Crippen molar-refractivity contribution in [3.05, 3.63) is 94.0 Å². The Kier molecular flexibility index (Phi) is 7.47. The van der Waals surface area contributed by atoms with Crippen LogP contribution in [0, 0.1) is 0 Å². The molecule has 1 amide bonds. The van der Waals surface area contributed by atoms with Gasteiger partial charge >= 0.3 is 0 Å². The predicted molar refractivity (Wildman–Crippen MR) is 122 cm³/mol. The van der Waals surface area contributed by atoms with Crippen LogP contribution in [0.3, 0.4) is 0 Å². The lowest BCUT2D eigenvalue weighted by Gasteiger charge is -2.14. The molecule has 0 radical (unpaired) electrons. The lowest BCUT2D eigenvalue weighted by Crippen LogP contribution is -2.34. The van der Waals surface area contributed by atoms with Crippen molar-refractivity contribution in [1.29, 1.82) is 0 Å². The molecule has 0 saturated heterocycles. The molecule has 0 aromatic heterocycles. The average molecular weight is 445 g/mol. The zero-order valence-corrected chi connectivity index (χ0v) is 17.7. The first-order valence-electron chi connectivity index (χ1n) is 8.86. The summed E-state index contributed by atoms with van der Waals surface area (Å²) in [5, 5.41) is 6.57. The molecule has 0 saturated carbocycles. The maximum Gasteiger partial charge on any atom is 0.261 e. The summed E-state index contributed by atoms with van der Waals surface area (Å²) in [5.41, 5.74) is 2.07. The number of nitrogens with one attached hydrogen (secondary N) is 2. The van der Waals surface area contributed by atoms with Gasteiger partial charge in [0.05, 0.1) is 22.9 Å². The summed E-state index contributed by atoms with van der Waals surface area (Å²) >= 11 is 17.3. The molecule has 0 aliphatic carbocycles. The van der Waals surface area contributed by atoms with E-state index in [4.69, 9.17) is 40.2 Å². The molecule has 0 atom stereocenters. The zero-order valence-electron chi connectivity index (χ0n) is 15.3. The number of para-hydroxylation sites is 1. The van der Waals surface area contributed by atoms with Gasteiger partial charge in [-0.2, -0.15) is 0 Å². The fraction of sp³-hybridized carbons (Fsp3) is 0.0909. The third-order valence-electron chi connectivity index (χ3n) is 4.03. The van der Waals surface area contributed by atoms with Crippen molar-refractivity contribution in [3.63, 3.8) is 0 Å². The molecule has 3 rings (SSSR count). The van der Waals surface area contributed by atoms with E-state index in [1.165, 1.54) is 5.56 Å². The van der Waals surface area contributed by atoms with E-state index in [9.17, 15) is 4.79 Å². The number of carbonyl (C=O) groups is 1. The standard InChI is InChI=1S/C22H18Cl2N2O2S/c23-16-10-11-18(24)19(14-16)25-22(29)26-21(27)17-8-4-5-9-20(17)28-13-12-15-6-2-1-3-7-15/h1-11,14H,12-13H2,(H2,25,26,27,29). The molecule has 0 fully saturated rings. The van der Waals surface area contributed by atoms with Gasteiger partial charge < -0.3 is 10.1 Å². The molecule has 0 unspecified atom stereocenters. The highest BCUT2D eigenvalue weighted by Crippen LogP contribution is 2.25. The maximum atomic E-state index is 12.7. The summed E-state index contributed by atoms with van der Waals surface area (Å²) in [4.78, 5) is 12.7. The fourth-order valence-electron chi connectivity index (χ4n) is 2.62. The Morgan fingerprint density at radius 1 is 0.966 bits per heavy atom. The van der Waals surface area contributed by atoms with E-state index in [2.05, 4.69) is 10.6 Å². The van der Waals surface area contributed by atoms with E-state index < -0.39 is 0 Å². The highest BCUT2D eigenvalue weighted by atomic mass is 35.5. The summed E-state index contributed by atoms with van der Waals surface area (Å²) < 4.78 is 5.83. The number of hydrogen-bond acceptors (Lipinski definition) is 3. The molecule has 7 heteroatoms. The van der Waals surface area contributed by atoms with Crippen LogP contribution in [-0.2, 0) is 6.42 Å². The zero-order chi connectivity index (χ0) is 20.6. The number of carbonyl (C=O) groups excluding carboxylic acids is 1. The monoisotopic (exact) mass is 444 g/mol. The fourth-order valence-corrected chi connectivity index (χ4v) is 3.16. The van der Waals surface area contributed by atoms with Gasteiger partial charge in [-0.15, -0.1) is 0 Å². The molecule has 0 aliphatic heterocycles. The first kappa shape index (κ1) is 21.1. The quantitative estimate of drug-likeness (QED) is 0.475. The van der Waals surface area contributed by atoms with Crippen molar-refractivity contribution >= 4 is 52.1 Å². The van der Waals surface area contributed by atoms with Crippen molar-refractivity contribution < 1.29 is 9.53 Å². The Morgan fingerprint density at radius 3 is 2.48 bits per heavy atom. The summed E-state index contributed by atoms with van der Waals surface area (Å²) in [6.45, 7) is 0.453. The van der Waals surface area contributed by atoms with Crippen LogP contribution >= 0.6 is 35.4 Å². The van der Waals surface area contributed by atoms with Gasteiger partial charge in [-0.1, -0.05) is 65.7 Å². The molecular formula is C22H18Cl2N2O2S. The first-order valence-corrected chi connectivity index (χ1v) is 10.0. The molecule has 0 heterocycles. The SMILES string of the molecule is O=C(NC(=S)Nc1cc(Cl)ccc1Cl)c1ccccc1OCCc1ccccc1. The number of benzene rings is 3. The Balaban J connectivity index is 1.61. The van der Waals surface area contributed by atoms with Gasteiger partial charge in [-0.3, -0.25) is 10.1 Å². The lowest BCUT2D eigenvalue weighted by atomic mass is 10.1. The highest BCUT2D eigenvalue weighted by Gasteiger charge is 2.14. The van der Waals surface area contributed by atoms with Crippen molar-refractivity contribution in [3.8, 4) is 5.75 Å². The second kappa shape index (κ2) is 10.3. The van der Waals surface area contributed by atoms with Crippen LogP contribution in [-0.4, -0.2) is 17.6 Å². The average Bonchev–Trinajstić information content (AvgIpc) is 2.72. The Hall–Kier alpha value is -2.60. The van der Waals surface area contributed by atoms with Crippen LogP contribution < -0.4 is 15.4 Å². The lowest BCUT2D eigenvalue weighted by molar-refractivity contribution is 0.0974. The van der Waals surface area contributed by atoms with Gasteiger partial charge in [-0.25, -0.2) is 0 Å². The van der Waals surface area contributed by atoms with Gasteiger partial charge in [0.1, 0.15) is 5.75 Å². The van der Waals surface area contributed by atoms with Crippen LogP contribution in [0.1, 0.15) is 15.9 Å². The molecule has 4 nitrogen and oxygen atoms in total. The summed E-state index contributed by atoms with van der Waals surface area (Å²) in [7, 11) is 0. The molecule has 0 bridgehead atoms. The van der Waals surface area contributed by atoms with Crippen LogP contribution in [0.15, 0.2) is 72.8 Å². The number of amides is 1. The predicted octanol–water partition coefficient (Wildman–Crippen LogP) is 5.74. The van der Waals surface area contributed by atoms with Crippen molar-refractivity contribution in [2.24, 2.45) is 0 Å². The molecule has 0 aliphatic rings. The normalized spacial score (nSPS) is 10.3. The van der Waals surface area contributed by atoms with E-state index in [0.29, 0.717) is 33.7 Å². The van der Waals surface area contributed by atoms with Crippen LogP contribution in [0.5, 0.6) is 5.75 Å². The molecular weight excluding hydrogens is 427 g/mol. The minimum absolute atomic E-state index is 0.109. The van der Waals surface area contributed by atoms with Gasteiger partial charge in [0, 0.05) is 11.4 Å². The molecule has 3 aromatic carbocycles. The number of rotatable bonds is 6. The number of halogens is 2. The van der Waals surface area contributed by atoms with Crippen molar-refractivity contribution in [2.75, 3.05) is 11.9 Å². The molecule has 148 valence electrons. The Labute approximate surface area is 184 Å². The van der Waals surface area contributed by atoms with Crippen LogP contribution in [0.4, 0.5) is 5.69 Å². The third kappa shape index (κ3) is 6.19. The summed E-state index contributed by atoms with van der Waals surface area (Å²) in [5.74, 6) is 0.112. The largest absolute Gasteiger partial charge is 0.492 e. The van der Waals surface area contributed by atoms with E-state index >= 15 is 0 Å². The van der Waals surface area contributed by atoms with Gasteiger partial charge in [0.25, 0.3) is 5.91 Å². The second-order valence-electron chi connectivity index (χ2n) is 6.11. The van der Waals surface area contributed by atoms with Crippen molar-refractivity contribution in [2.45, 2.75) is 6.42 Å². The highest BCUT2D eigenvalue weighted by molar-refractivity contribution is 7.80.